The van der Waals surface area contributed by atoms with Crippen LogP contribution >= 0.6 is 34.8 Å². The predicted molar refractivity (Wildman–Crippen MR) is 106 cm³/mol. The van der Waals surface area contributed by atoms with E-state index in [1.54, 1.807) is 36.4 Å². The second-order valence-corrected chi connectivity index (χ2v) is 7.08. The van der Waals surface area contributed by atoms with E-state index in [9.17, 15) is 9.59 Å². The van der Waals surface area contributed by atoms with Gasteiger partial charge in [0.1, 0.15) is 0 Å². The third kappa shape index (κ3) is 6.20. The number of halogens is 3. The van der Waals surface area contributed by atoms with Crippen LogP contribution in [0, 0.1) is 0 Å². The third-order valence-electron chi connectivity index (χ3n) is 3.79. The molecule has 2 aromatic carbocycles. The number of carbonyl (C=O) groups excluding carboxylic acids is 2. The Balaban J connectivity index is 1.72. The highest BCUT2D eigenvalue weighted by molar-refractivity contribution is 6.42. The van der Waals surface area contributed by atoms with Gasteiger partial charge in [-0.15, -0.1) is 0 Å². The largest absolute Gasteiger partial charge is 0.352 e. The van der Waals surface area contributed by atoms with Crippen molar-refractivity contribution < 1.29 is 9.59 Å². The molecule has 4 nitrogen and oxygen atoms in total. The van der Waals surface area contributed by atoms with Gasteiger partial charge in [0.25, 0.3) is 5.91 Å². The van der Waals surface area contributed by atoms with Crippen molar-refractivity contribution in [3.05, 3.63) is 68.7 Å². The van der Waals surface area contributed by atoms with Crippen molar-refractivity contribution in [1.82, 2.24) is 10.6 Å². The molecule has 0 aliphatic heterocycles. The van der Waals surface area contributed by atoms with Crippen LogP contribution < -0.4 is 10.6 Å². The monoisotopic (exact) mass is 412 g/mol. The Bertz CT molecular complexity index is 779. The molecule has 0 heterocycles. The number of hydrogen-bond acceptors (Lipinski definition) is 2. The highest BCUT2D eigenvalue weighted by Gasteiger charge is 2.11. The summed E-state index contributed by atoms with van der Waals surface area (Å²) in [5, 5.41) is 7.19. The number of carbonyl (C=O) groups is 2. The average Bonchev–Trinajstić information content (AvgIpc) is 2.61. The van der Waals surface area contributed by atoms with Gasteiger partial charge >= 0.3 is 0 Å². The molecule has 7 heteroatoms. The summed E-state index contributed by atoms with van der Waals surface area (Å²) in [7, 11) is 0. The molecule has 2 rings (SSSR count). The fourth-order valence-electron chi connectivity index (χ4n) is 2.33. The lowest BCUT2D eigenvalue weighted by atomic mass is 10.1. The lowest BCUT2D eigenvalue weighted by molar-refractivity contribution is -0.121. The summed E-state index contributed by atoms with van der Waals surface area (Å²) in [6, 6.07) is 11.7. The standard InChI is InChI=1S/C19H19Cl3N2O2/c1-12(14-6-9-16(21)17(22)11-14)24-18(25)3-2-10-23-19(26)13-4-7-15(20)8-5-13/h4-9,11-12H,2-3,10H2,1H3,(H,23,26)(H,24,25). The average molecular weight is 414 g/mol. The molecule has 0 aromatic heterocycles. The molecule has 0 spiro atoms. The van der Waals surface area contributed by atoms with Gasteiger partial charge in [0.2, 0.25) is 5.91 Å². The van der Waals surface area contributed by atoms with Gasteiger partial charge in [-0.05, 0) is 55.3 Å². The Morgan fingerprint density at radius 1 is 1.00 bits per heavy atom. The molecule has 0 fully saturated rings. The molecule has 1 unspecified atom stereocenters. The fraction of sp³-hybridized carbons (Fsp3) is 0.263. The van der Waals surface area contributed by atoms with Gasteiger partial charge in [-0.2, -0.15) is 0 Å². The molecule has 0 saturated heterocycles. The van der Waals surface area contributed by atoms with E-state index in [0.29, 0.717) is 40.0 Å². The minimum atomic E-state index is -0.189. The molecule has 2 amide bonds. The summed E-state index contributed by atoms with van der Waals surface area (Å²) >= 11 is 17.7. The first-order chi connectivity index (χ1) is 12.4. The molecule has 0 bridgehead atoms. The molecule has 1 atom stereocenters. The van der Waals surface area contributed by atoms with Crippen LogP contribution in [0.15, 0.2) is 42.5 Å². The molecule has 0 aliphatic carbocycles. The van der Waals surface area contributed by atoms with Crippen molar-refractivity contribution in [1.29, 1.82) is 0 Å². The zero-order chi connectivity index (χ0) is 19.1. The quantitative estimate of drug-likeness (QED) is 0.625. The summed E-state index contributed by atoms with van der Waals surface area (Å²) in [5.74, 6) is -0.282. The van der Waals surface area contributed by atoms with Crippen molar-refractivity contribution in [2.45, 2.75) is 25.8 Å². The minimum Gasteiger partial charge on any atom is -0.352 e. The highest BCUT2D eigenvalue weighted by atomic mass is 35.5. The molecule has 2 aromatic rings. The highest BCUT2D eigenvalue weighted by Crippen LogP contribution is 2.25. The Kier molecular flexibility index (Phi) is 7.76. The lowest BCUT2D eigenvalue weighted by Crippen LogP contribution is -2.29. The summed E-state index contributed by atoms with van der Waals surface area (Å²) in [4.78, 5) is 24.0. The third-order valence-corrected chi connectivity index (χ3v) is 4.78. The van der Waals surface area contributed by atoms with Gasteiger partial charge in [0.15, 0.2) is 0 Å². The van der Waals surface area contributed by atoms with E-state index in [1.165, 1.54) is 0 Å². The molecule has 138 valence electrons. The second kappa shape index (κ2) is 9.81. The van der Waals surface area contributed by atoms with Gasteiger partial charge in [-0.1, -0.05) is 40.9 Å². The minimum absolute atomic E-state index is 0.0932. The number of hydrogen-bond donors (Lipinski definition) is 2. The van der Waals surface area contributed by atoms with Crippen LogP contribution in [-0.2, 0) is 4.79 Å². The van der Waals surface area contributed by atoms with Crippen LogP contribution in [0.3, 0.4) is 0 Å². The van der Waals surface area contributed by atoms with E-state index in [2.05, 4.69) is 10.6 Å². The van der Waals surface area contributed by atoms with Crippen LogP contribution in [0.5, 0.6) is 0 Å². The van der Waals surface area contributed by atoms with Crippen LogP contribution in [-0.4, -0.2) is 18.4 Å². The maximum atomic E-state index is 12.0. The van der Waals surface area contributed by atoms with Gasteiger partial charge in [-0.25, -0.2) is 0 Å². The summed E-state index contributed by atoms with van der Waals surface area (Å²) < 4.78 is 0. The molecule has 26 heavy (non-hydrogen) atoms. The Morgan fingerprint density at radius 2 is 1.69 bits per heavy atom. The first-order valence-electron chi connectivity index (χ1n) is 8.15. The van der Waals surface area contributed by atoms with Gasteiger partial charge in [-0.3, -0.25) is 9.59 Å². The van der Waals surface area contributed by atoms with Crippen molar-refractivity contribution in [3.63, 3.8) is 0 Å². The molecular weight excluding hydrogens is 395 g/mol. The lowest BCUT2D eigenvalue weighted by Gasteiger charge is -2.15. The van der Waals surface area contributed by atoms with Crippen LogP contribution in [0.2, 0.25) is 15.1 Å². The van der Waals surface area contributed by atoms with Crippen LogP contribution in [0.4, 0.5) is 0 Å². The summed E-state index contributed by atoms with van der Waals surface area (Å²) in [6.07, 6.45) is 0.853. The van der Waals surface area contributed by atoms with E-state index in [1.807, 2.05) is 13.0 Å². The maximum absolute atomic E-state index is 12.0. The van der Waals surface area contributed by atoms with Gasteiger partial charge in [0, 0.05) is 23.6 Å². The normalized spacial score (nSPS) is 11.7. The van der Waals surface area contributed by atoms with Crippen molar-refractivity contribution in [3.8, 4) is 0 Å². The van der Waals surface area contributed by atoms with E-state index < -0.39 is 0 Å². The predicted octanol–water partition coefficient (Wildman–Crippen LogP) is 5.03. The van der Waals surface area contributed by atoms with Crippen LogP contribution in [0.1, 0.15) is 41.7 Å². The van der Waals surface area contributed by atoms with E-state index in [4.69, 9.17) is 34.8 Å². The summed E-state index contributed by atoms with van der Waals surface area (Å²) in [5.41, 5.74) is 1.41. The zero-order valence-corrected chi connectivity index (χ0v) is 16.5. The van der Waals surface area contributed by atoms with E-state index in [-0.39, 0.29) is 17.9 Å². The molecular formula is C19H19Cl3N2O2. The Hall–Kier alpha value is -1.75. The smallest absolute Gasteiger partial charge is 0.251 e. The SMILES string of the molecule is CC(NC(=O)CCCNC(=O)c1ccc(Cl)cc1)c1ccc(Cl)c(Cl)c1. The van der Waals surface area contributed by atoms with Crippen LogP contribution in [0.25, 0.3) is 0 Å². The molecule has 0 saturated carbocycles. The van der Waals surface area contributed by atoms with Crippen molar-refractivity contribution >= 4 is 46.6 Å². The first-order valence-corrected chi connectivity index (χ1v) is 9.28. The number of amides is 2. The number of rotatable bonds is 7. The Morgan fingerprint density at radius 3 is 2.35 bits per heavy atom. The number of nitrogens with one attached hydrogen (secondary N) is 2. The Labute approximate surface area is 167 Å². The fourth-order valence-corrected chi connectivity index (χ4v) is 2.77. The summed E-state index contributed by atoms with van der Waals surface area (Å²) in [6.45, 7) is 2.29. The zero-order valence-electron chi connectivity index (χ0n) is 14.2. The van der Waals surface area contributed by atoms with E-state index in [0.717, 1.165) is 5.56 Å². The number of benzene rings is 2. The van der Waals surface area contributed by atoms with Crippen molar-refractivity contribution in [2.24, 2.45) is 0 Å². The maximum Gasteiger partial charge on any atom is 0.251 e. The topological polar surface area (TPSA) is 58.2 Å². The molecule has 0 aliphatic rings. The first kappa shape index (κ1) is 20.6. The molecule has 2 N–H and O–H groups in total. The van der Waals surface area contributed by atoms with Gasteiger partial charge in [0.05, 0.1) is 16.1 Å². The second-order valence-electron chi connectivity index (χ2n) is 5.83. The van der Waals surface area contributed by atoms with Gasteiger partial charge < -0.3 is 10.6 Å². The molecule has 0 radical (unpaired) electrons. The van der Waals surface area contributed by atoms with Crippen molar-refractivity contribution in [2.75, 3.05) is 6.54 Å². The van der Waals surface area contributed by atoms with E-state index >= 15 is 0 Å².